The Morgan fingerprint density at radius 1 is 0.920 bits per heavy atom. The van der Waals surface area contributed by atoms with E-state index in [0.717, 1.165) is 30.6 Å². The van der Waals surface area contributed by atoms with Gasteiger partial charge in [0.25, 0.3) is 5.91 Å². The normalized spacial score (nSPS) is 30.6. The Morgan fingerprint density at radius 3 is 2.36 bits per heavy atom. The number of nitrogens with one attached hydrogen (secondary N) is 2. The van der Waals surface area contributed by atoms with Crippen molar-refractivity contribution in [1.29, 1.82) is 0 Å². The van der Waals surface area contributed by atoms with Crippen LogP contribution in [-0.2, 0) is 6.54 Å². The standard InChI is InChI=1S/C21H23N3O/c25-20-18-8-4-5-9-19(18)22-21(23-20)12-16-10-11-17(13-21)24(16)14-15-6-2-1-3-7-15/h1-9,16-17,22H,10-14H2,(H,23,25). The molecule has 128 valence electrons. The van der Waals surface area contributed by atoms with Gasteiger partial charge in [0.15, 0.2) is 0 Å². The number of benzene rings is 2. The molecular formula is C21H23N3O. The Bertz CT molecular complexity index is 790. The first kappa shape index (κ1) is 15.0. The number of nitrogens with zero attached hydrogens (tertiary/aromatic N) is 1. The number of carbonyl (C=O) groups excluding carboxylic acids is 1. The van der Waals surface area contributed by atoms with Crippen LogP contribution in [0.15, 0.2) is 54.6 Å². The molecule has 3 heterocycles. The van der Waals surface area contributed by atoms with Crippen LogP contribution in [0.4, 0.5) is 5.69 Å². The fraction of sp³-hybridized carbons (Fsp3) is 0.381. The van der Waals surface area contributed by atoms with Gasteiger partial charge in [0.1, 0.15) is 5.66 Å². The number of fused-ring (bicyclic) bond motifs is 3. The van der Waals surface area contributed by atoms with E-state index < -0.39 is 0 Å². The van der Waals surface area contributed by atoms with Gasteiger partial charge < -0.3 is 10.6 Å². The fourth-order valence-corrected chi connectivity index (χ4v) is 4.96. The van der Waals surface area contributed by atoms with Gasteiger partial charge in [0.05, 0.1) is 5.56 Å². The average molecular weight is 333 g/mol. The summed E-state index contributed by atoms with van der Waals surface area (Å²) < 4.78 is 0. The van der Waals surface area contributed by atoms with Crippen molar-refractivity contribution in [3.8, 4) is 0 Å². The molecule has 2 unspecified atom stereocenters. The van der Waals surface area contributed by atoms with E-state index in [4.69, 9.17) is 0 Å². The Balaban J connectivity index is 1.39. The van der Waals surface area contributed by atoms with Crippen LogP contribution in [0.25, 0.3) is 0 Å². The molecule has 5 rings (SSSR count). The molecule has 1 spiro atoms. The van der Waals surface area contributed by atoms with Gasteiger partial charge in [0, 0.05) is 37.2 Å². The minimum Gasteiger partial charge on any atom is -0.362 e. The topological polar surface area (TPSA) is 44.4 Å². The first-order chi connectivity index (χ1) is 12.2. The van der Waals surface area contributed by atoms with Crippen molar-refractivity contribution in [3.63, 3.8) is 0 Å². The zero-order valence-corrected chi connectivity index (χ0v) is 14.2. The van der Waals surface area contributed by atoms with E-state index in [2.05, 4.69) is 45.9 Å². The molecule has 4 heteroatoms. The average Bonchev–Trinajstić information content (AvgIpc) is 2.87. The Labute approximate surface area is 148 Å². The molecule has 2 N–H and O–H groups in total. The minimum atomic E-state index is -0.287. The van der Waals surface area contributed by atoms with E-state index in [-0.39, 0.29) is 11.6 Å². The molecule has 2 aromatic carbocycles. The van der Waals surface area contributed by atoms with Crippen molar-refractivity contribution in [2.75, 3.05) is 5.32 Å². The van der Waals surface area contributed by atoms with Crippen molar-refractivity contribution in [2.24, 2.45) is 0 Å². The van der Waals surface area contributed by atoms with Crippen LogP contribution < -0.4 is 10.6 Å². The predicted octanol–water partition coefficient (Wildman–Crippen LogP) is 3.37. The molecule has 0 aromatic heterocycles. The molecule has 2 saturated heterocycles. The highest BCUT2D eigenvalue weighted by molar-refractivity contribution is 6.02. The van der Waals surface area contributed by atoms with Gasteiger partial charge in [0.2, 0.25) is 0 Å². The largest absolute Gasteiger partial charge is 0.362 e. The maximum absolute atomic E-state index is 12.6. The summed E-state index contributed by atoms with van der Waals surface area (Å²) in [6, 6.07) is 19.6. The Hall–Kier alpha value is -2.33. The van der Waals surface area contributed by atoms with Crippen molar-refractivity contribution >= 4 is 11.6 Å². The number of anilines is 1. The van der Waals surface area contributed by atoms with E-state index >= 15 is 0 Å². The van der Waals surface area contributed by atoms with Gasteiger partial charge in [-0.2, -0.15) is 0 Å². The number of hydrogen-bond donors (Lipinski definition) is 2. The zero-order valence-electron chi connectivity index (χ0n) is 14.2. The molecule has 4 nitrogen and oxygen atoms in total. The lowest BCUT2D eigenvalue weighted by Gasteiger charge is -2.49. The van der Waals surface area contributed by atoms with Gasteiger partial charge in [-0.15, -0.1) is 0 Å². The number of piperidine rings is 1. The minimum absolute atomic E-state index is 0.0604. The van der Waals surface area contributed by atoms with Gasteiger partial charge in [-0.3, -0.25) is 9.69 Å². The second kappa shape index (κ2) is 5.60. The molecule has 1 amide bonds. The van der Waals surface area contributed by atoms with Gasteiger partial charge >= 0.3 is 0 Å². The van der Waals surface area contributed by atoms with Crippen molar-refractivity contribution in [3.05, 3.63) is 65.7 Å². The third-order valence-corrected chi connectivity index (χ3v) is 6.05. The lowest BCUT2D eigenvalue weighted by atomic mass is 9.87. The molecule has 0 aliphatic carbocycles. The zero-order chi connectivity index (χ0) is 16.9. The molecule has 2 aromatic rings. The molecule has 25 heavy (non-hydrogen) atoms. The van der Waals surface area contributed by atoms with Crippen LogP contribution in [0.1, 0.15) is 41.6 Å². The van der Waals surface area contributed by atoms with Crippen molar-refractivity contribution < 1.29 is 4.79 Å². The van der Waals surface area contributed by atoms with Crippen LogP contribution in [-0.4, -0.2) is 28.6 Å². The highest BCUT2D eigenvalue weighted by Gasteiger charge is 2.50. The number of para-hydroxylation sites is 1. The van der Waals surface area contributed by atoms with Crippen LogP contribution in [0.2, 0.25) is 0 Å². The van der Waals surface area contributed by atoms with Crippen LogP contribution in [0.3, 0.4) is 0 Å². The van der Waals surface area contributed by atoms with E-state index in [1.54, 1.807) is 0 Å². The second-order valence-electron chi connectivity index (χ2n) is 7.66. The third kappa shape index (κ3) is 2.52. The highest BCUT2D eigenvalue weighted by Crippen LogP contribution is 2.43. The van der Waals surface area contributed by atoms with E-state index in [1.807, 2.05) is 24.3 Å². The van der Waals surface area contributed by atoms with Gasteiger partial charge in [-0.25, -0.2) is 0 Å². The summed E-state index contributed by atoms with van der Waals surface area (Å²) in [6.07, 6.45) is 4.38. The number of amides is 1. The first-order valence-corrected chi connectivity index (χ1v) is 9.22. The quantitative estimate of drug-likeness (QED) is 0.886. The number of carbonyl (C=O) groups is 1. The maximum Gasteiger partial charge on any atom is 0.255 e. The lowest BCUT2D eigenvalue weighted by molar-refractivity contribution is 0.0609. The molecular weight excluding hydrogens is 310 g/mol. The predicted molar refractivity (Wildman–Crippen MR) is 98.3 cm³/mol. The summed E-state index contributed by atoms with van der Waals surface area (Å²) in [4.78, 5) is 15.2. The smallest absolute Gasteiger partial charge is 0.255 e. The van der Waals surface area contributed by atoms with Crippen LogP contribution >= 0.6 is 0 Å². The summed E-state index contributed by atoms with van der Waals surface area (Å²) in [6.45, 7) is 1.01. The first-order valence-electron chi connectivity index (χ1n) is 9.22. The molecule has 3 aliphatic heterocycles. The molecule has 3 aliphatic rings. The van der Waals surface area contributed by atoms with Crippen LogP contribution in [0, 0.1) is 0 Å². The SMILES string of the molecule is O=C1NC2(CC3CCC(C2)N3Cc2ccccc2)Nc2ccccc21. The molecule has 0 saturated carbocycles. The molecule has 2 bridgehead atoms. The molecule has 2 fully saturated rings. The summed E-state index contributed by atoms with van der Waals surface area (Å²) in [5.74, 6) is 0.0604. The van der Waals surface area contributed by atoms with E-state index in [9.17, 15) is 4.79 Å². The second-order valence-corrected chi connectivity index (χ2v) is 7.66. The lowest BCUT2D eigenvalue weighted by Crippen LogP contribution is -2.64. The summed E-state index contributed by atoms with van der Waals surface area (Å²) >= 11 is 0. The summed E-state index contributed by atoms with van der Waals surface area (Å²) in [7, 11) is 0. The number of hydrogen-bond acceptors (Lipinski definition) is 3. The van der Waals surface area contributed by atoms with E-state index in [0.29, 0.717) is 12.1 Å². The number of rotatable bonds is 2. The molecule has 2 atom stereocenters. The van der Waals surface area contributed by atoms with Gasteiger partial charge in [-0.1, -0.05) is 42.5 Å². The van der Waals surface area contributed by atoms with Crippen molar-refractivity contribution in [2.45, 2.75) is 50.0 Å². The summed E-state index contributed by atoms with van der Waals surface area (Å²) in [5, 5.41) is 6.97. The van der Waals surface area contributed by atoms with Crippen molar-refractivity contribution in [1.82, 2.24) is 10.2 Å². The third-order valence-electron chi connectivity index (χ3n) is 6.05. The Morgan fingerprint density at radius 2 is 1.60 bits per heavy atom. The summed E-state index contributed by atoms with van der Waals surface area (Å²) in [5.41, 5.74) is 2.82. The highest BCUT2D eigenvalue weighted by atomic mass is 16.2. The monoisotopic (exact) mass is 333 g/mol. The fourth-order valence-electron chi connectivity index (χ4n) is 4.96. The van der Waals surface area contributed by atoms with Gasteiger partial charge in [-0.05, 0) is 30.5 Å². The maximum atomic E-state index is 12.6. The molecule has 0 radical (unpaired) electrons. The van der Waals surface area contributed by atoms with E-state index in [1.165, 1.54) is 18.4 Å². The Kier molecular flexibility index (Phi) is 3.35. The van der Waals surface area contributed by atoms with Crippen LogP contribution in [0.5, 0.6) is 0 Å².